The number of Topliss-reactive ketones (excluding diaryl/α,β-unsaturated/α-hetero) is 1. The molecule has 0 unspecified atom stereocenters. The fourth-order valence-corrected chi connectivity index (χ4v) is 5.10. The van der Waals surface area contributed by atoms with Crippen molar-refractivity contribution < 1.29 is 19.2 Å². The van der Waals surface area contributed by atoms with Crippen molar-refractivity contribution in [1.29, 1.82) is 0 Å². The fraction of sp³-hybridized carbons (Fsp3) is 0.0667. The first-order valence-corrected chi connectivity index (χ1v) is 13.7. The Morgan fingerprint density at radius 2 is 1.24 bits per heavy atom. The third-order valence-corrected chi connectivity index (χ3v) is 7.53. The molecule has 0 aliphatic heterocycles. The summed E-state index contributed by atoms with van der Waals surface area (Å²) in [6.07, 6.45) is 0. The van der Waals surface area contributed by atoms with Crippen LogP contribution >= 0.6 is 35.1 Å². The number of ketones is 2. The minimum atomic E-state index is -0.602. The number of carbonyl (C=O) groups is 3. The first kappa shape index (κ1) is 27.4. The molecule has 38 heavy (non-hydrogen) atoms. The van der Waals surface area contributed by atoms with E-state index in [1.54, 1.807) is 36.4 Å². The molecule has 0 atom stereocenters. The molecular formula is C30H22ClNO4S2. The number of benzene rings is 4. The van der Waals surface area contributed by atoms with Gasteiger partial charge in [0.25, 0.3) is 0 Å². The first-order chi connectivity index (χ1) is 18.4. The van der Waals surface area contributed by atoms with Gasteiger partial charge in [-0.2, -0.15) is 0 Å². The summed E-state index contributed by atoms with van der Waals surface area (Å²) in [6.45, 7) is 1.23. The highest BCUT2D eigenvalue weighted by Gasteiger charge is 2.17. The average Bonchev–Trinajstić information content (AvgIpc) is 2.94. The Morgan fingerprint density at radius 3 is 1.82 bits per heavy atom. The zero-order chi connectivity index (χ0) is 26.9. The minimum absolute atomic E-state index is 0.0227. The van der Waals surface area contributed by atoms with Crippen LogP contribution < -0.4 is 0 Å². The van der Waals surface area contributed by atoms with Gasteiger partial charge in [-0.1, -0.05) is 58.9 Å². The van der Waals surface area contributed by atoms with Gasteiger partial charge in [-0.25, -0.2) is 4.79 Å². The Bertz CT molecular complexity index is 1450. The van der Waals surface area contributed by atoms with Gasteiger partial charge in [-0.05, 0) is 72.8 Å². The van der Waals surface area contributed by atoms with E-state index >= 15 is 0 Å². The summed E-state index contributed by atoms with van der Waals surface area (Å²) in [7, 11) is 0. The van der Waals surface area contributed by atoms with Gasteiger partial charge in [0.05, 0.1) is 0 Å². The van der Waals surface area contributed by atoms with Crippen LogP contribution in [0.5, 0.6) is 0 Å². The van der Waals surface area contributed by atoms with E-state index in [2.05, 4.69) is 5.16 Å². The lowest BCUT2D eigenvalue weighted by Gasteiger charge is -2.07. The molecule has 0 spiro atoms. The standard InChI is InChI=1S/C30H22ClNO4S2/c1-20(33)36-32-28(19-37-25-17-11-24(31)12-18-25)30(35)23-9-15-27(16-10-23)38-26-13-7-22(8-14-26)29(34)21-5-3-2-4-6-21/h2-18H,19H2,1H3/b32-28+. The largest absolute Gasteiger partial charge is 0.331 e. The van der Waals surface area contributed by atoms with Crippen LogP contribution in [0.4, 0.5) is 0 Å². The van der Waals surface area contributed by atoms with Crippen molar-refractivity contribution in [2.75, 3.05) is 5.75 Å². The van der Waals surface area contributed by atoms with Gasteiger partial charge in [-0.3, -0.25) is 9.59 Å². The molecule has 0 heterocycles. The van der Waals surface area contributed by atoms with Gasteiger partial charge in [0, 0.05) is 49.1 Å². The molecule has 0 saturated carbocycles. The maximum atomic E-state index is 13.1. The van der Waals surface area contributed by atoms with Gasteiger partial charge in [0.2, 0.25) is 5.78 Å². The molecule has 190 valence electrons. The molecule has 0 aromatic heterocycles. The number of hydrogen-bond acceptors (Lipinski definition) is 7. The highest BCUT2D eigenvalue weighted by atomic mass is 35.5. The SMILES string of the molecule is CC(=O)O/N=C(\CSc1ccc(Cl)cc1)C(=O)c1ccc(Sc2ccc(C(=O)c3ccccc3)cc2)cc1. The quantitative estimate of drug-likeness (QED) is 0.0654. The molecule has 4 aromatic carbocycles. The summed E-state index contributed by atoms with van der Waals surface area (Å²) in [6, 6.07) is 30.9. The van der Waals surface area contributed by atoms with E-state index in [-0.39, 0.29) is 23.0 Å². The van der Waals surface area contributed by atoms with Crippen LogP contribution in [0.2, 0.25) is 5.02 Å². The molecule has 0 bridgehead atoms. The second-order valence-corrected chi connectivity index (χ2v) is 10.7. The van der Waals surface area contributed by atoms with Gasteiger partial charge in [0.15, 0.2) is 5.78 Å². The van der Waals surface area contributed by atoms with Gasteiger partial charge in [0.1, 0.15) is 5.71 Å². The molecule has 0 fully saturated rings. The van der Waals surface area contributed by atoms with Crippen LogP contribution in [-0.2, 0) is 9.63 Å². The van der Waals surface area contributed by atoms with Crippen LogP contribution in [0.25, 0.3) is 0 Å². The lowest BCUT2D eigenvalue weighted by molar-refractivity contribution is -0.140. The number of oxime groups is 1. The van der Waals surface area contributed by atoms with Crippen molar-refractivity contribution in [3.8, 4) is 0 Å². The molecule has 4 rings (SSSR count). The van der Waals surface area contributed by atoms with E-state index in [4.69, 9.17) is 16.4 Å². The number of halogens is 1. The van der Waals surface area contributed by atoms with E-state index in [1.165, 1.54) is 30.4 Å². The number of thioether (sulfide) groups is 1. The minimum Gasteiger partial charge on any atom is -0.318 e. The molecule has 0 radical (unpaired) electrons. The molecule has 8 heteroatoms. The van der Waals surface area contributed by atoms with Crippen molar-refractivity contribution >= 4 is 58.4 Å². The summed E-state index contributed by atoms with van der Waals surface area (Å²) < 4.78 is 0. The third-order valence-electron chi connectivity index (χ3n) is 5.24. The maximum absolute atomic E-state index is 13.1. The topological polar surface area (TPSA) is 72.8 Å². The summed E-state index contributed by atoms with van der Waals surface area (Å²) in [5.41, 5.74) is 1.83. The smallest absolute Gasteiger partial charge is 0.318 e. The van der Waals surface area contributed by atoms with Crippen molar-refractivity contribution in [3.05, 3.63) is 125 Å². The Labute approximate surface area is 234 Å². The molecule has 0 aliphatic carbocycles. The predicted octanol–water partition coefficient (Wildman–Crippen LogP) is 7.62. The Morgan fingerprint density at radius 1 is 0.711 bits per heavy atom. The summed E-state index contributed by atoms with van der Waals surface area (Å²) >= 11 is 8.84. The molecule has 0 aliphatic rings. The molecule has 5 nitrogen and oxygen atoms in total. The third kappa shape index (κ3) is 7.68. The Hall–Kier alpha value is -3.65. The van der Waals surface area contributed by atoms with Crippen LogP contribution in [0.1, 0.15) is 33.2 Å². The maximum Gasteiger partial charge on any atom is 0.331 e. The van der Waals surface area contributed by atoms with Crippen molar-refractivity contribution in [3.63, 3.8) is 0 Å². The van der Waals surface area contributed by atoms with Crippen molar-refractivity contribution in [2.45, 2.75) is 21.6 Å². The van der Waals surface area contributed by atoms with Crippen LogP contribution in [0.15, 0.2) is 123 Å². The highest BCUT2D eigenvalue weighted by Crippen LogP contribution is 2.29. The number of carbonyl (C=O) groups excluding carboxylic acids is 3. The normalized spacial score (nSPS) is 11.2. The highest BCUT2D eigenvalue weighted by molar-refractivity contribution is 8.00. The van der Waals surface area contributed by atoms with Crippen molar-refractivity contribution in [2.24, 2.45) is 5.16 Å². The van der Waals surface area contributed by atoms with Gasteiger partial charge in [-0.15, -0.1) is 11.8 Å². The van der Waals surface area contributed by atoms with E-state index in [0.29, 0.717) is 21.7 Å². The summed E-state index contributed by atoms with van der Waals surface area (Å²) in [5.74, 6) is -0.730. The van der Waals surface area contributed by atoms with Crippen molar-refractivity contribution in [1.82, 2.24) is 0 Å². The molecule has 4 aromatic rings. The summed E-state index contributed by atoms with van der Waals surface area (Å²) in [4.78, 5) is 44.6. The lowest BCUT2D eigenvalue weighted by Crippen LogP contribution is -2.18. The van der Waals surface area contributed by atoms with E-state index in [0.717, 1.165) is 14.7 Å². The Balaban J connectivity index is 1.42. The summed E-state index contributed by atoms with van der Waals surface area (Å²) in [5, 5.41) is 4.42. The zero-order valence-electron chi connectivity index (χ0n) is 20.3. The second kappa shape index (κ2) is 13.2. The monoisotopic (exact) mass is 559 g/mol. The lowest BCUT2D eigenvalue weighted by atomic mass is 10.0. The zero-order valence-corrected chi connectivity index (χ0v) is 22.7. The molecule has 0 saturated heterocycles. The van der Waals surface area contributed by atoms with Crippen LogP contribution in [0.3, 0.4) is 0 Å². The van der Waals surface area contributed by atoms with E-state index in [1.807, 2.05) is 66.7 Å². The van der Waals surface area contributed by atoms with Gasteiger partial charge < -0.3 is 4.84 Å². The van der Waals surface area contributed by atoms with E-state index < -0.39 is 5.97 Å². The molecule has 0 amide bonds. The second-order valence-electron chi connectivity index (χ2n) is 8.04. The number of nitrogens with zero attached hydrogens (tertiary/aromatic N) is 1. The average molecular weight is 560 g/mol. The van der Waals surface area contributed by atoms with E-state index in [9.17, 15) is 14.4 Å². The Kier molecular flexibility index (Phi) is 9.54. The fourth-order valence-electron chi connectivity index (χ4n) is 3.34. The molecule has 0 N–H and O–H groups in total. The number of hydrogen-bond donors (Lipinski definition) is 0. The first-order valence-electron chi connectivity index (χ1n) is 11.5. The van der Waals surface area contributed by atoms with Crippen LogP contribution in [0, 0.1) is 0 Å². The predicted molar refractivity (Wildman–Crippen MR) is 153 cm³/mol. The number of rotatable bonds is 10. The van der Waals surface area contributed by atoms with Crippen LogP contribution in [-0.4, -0.2) is 29.0 Å². The molecular weight excluding hydrogens is 538 g/mol. The van der Waals surface area contributed by atoms with Gasteiger partial charge >= 0.3 is 5.97 Å².